The lowest BCUT2D eigenvalue weighted by Crippen LogP contribution is -2.20. The average molecular weight is 276 g/mol. The molecule has 2 aromatic rings. The number of hydrogen-bond acceptors (Lipinski definition) is 5. The van der Waals surface area contributed by atoms with Crippen molar-refractivity contribution >= 4 is 23.5 Å². The molecule has 2 aromatic heterocycles. The van der Waals surface area contributed by atoms with Gasteiger partial charge in [-0.2, -0.15) is 11.8 Å². The number of anilines is 1. The van der Waals surface area contributed by atoms with Crippen LogP contribution in [0, 0.1) is 0 Å². The molecule has 0 aliphatic heterocycles. The number of H-pyrrole nitrogens is 1. The van der Waals surface area contributed by atoms with Crippen molar-refractivity contribution < 1.29 is 4.79 Å². The topological polar surface area (TPSA) is 87.7 Å². The molecule has 0 atom stereocenters. The minimum absolute atomic E-state index is 0.0819. The van der Waals surface area contributed by atoms with Crippen LogP contribution in [-0.2, 0) is 5.75 Å². The van der Waals surface area contributed by atoms with E-state index in [9.17, 15) is 9.59 Å². The van der Waals surface area contributed by atoms with Crippen molar-refractivity contribution in [3.63, 3.8) is 0 Å². The van der Waals surface area contributed by atoms with Crippen LogP contribution < -0.4 is 10.9 Å². The van der Waals surface area contributed by atoms with Gasteiger partial charge in [0.05, 0.1) is 5.75 Å². The van der Waals surface area contributed by atoms with Crippen molar-refractivity contribution in [1.82, 2.24) is 15.0 Å². The van der Waals surface area contributed by atoms with E-state index in [1.54, 1.807) is 24.4 Å². The van der Waals surface area contributed by atoms with Gasteiger partial charge in [-0.1, -0.05) is 6.07 Å². The smallest absolute Gasteiger partial charge is 0.275 e. The van der Waals surface area contributed by atoms with Gasteiger partial charge >= 0.3 is 0 Å². The Labute approximate surface area is 113 Å². The summed E-state index contributed by atoms with van der Waals surface area (Å²) in [4.78, 5) is 34.1. The fourth-order valence-corrected chi connectivity index (χ4v) is 1.86. The highest BCUT2D eigenvalue weighted by Gasteiger charge is 2.10. The molecular weight excluding hydrogens is 264 g/mol. The number of carbonyl (C=O) groups excluding carboxylic acids is 1. The van der Waals surface area contributed by atoms with Gasteiger partial charge in [0, 0.05) is 12.3 Å². The first-order valence-electron chi connectivity index (χ1n) is 5.50. The van der Waals surface area contributed by atoms with E-state index in [-0.39, 0.29) is 11.3 Å². The second-order valence-electron chi connectivity index (χ2n) is 3.68. The average Bonchev–Trinajstić information content (AvgIpc) is 2.39. The molecule has 2 heterocycles. The lowest BCUT2D eigenvalue weighted by Gasteiger charge is -2.04. The molecule has 0 saturated heterocycles. The van der Waals surface area contributed by atoms with Crippen molar-refractivity contribution in [2.45, 2.75) is 5.75 Å². The minimum atomic E-state index is -0.452. The van der Waals surface area contributed by atoms with Gasteiger partial charge in [-0.05, 0) is 18.4 Å². The highest BCUT2D eigenvalue weighted by atomic mass is 32.2. The molecule has 2 rings (SSSR count). The number of thioether (sulfide) groups is 1. The second-order valence-corrected chi connectivity index (χ2v) is 4.55. The lowest BCUT2D eigenvalue weighted by molar-refractivity contribution is 0.102. The summed E-state index contributed by atoms with van der Waals surface area (Å²) in [7, 11) is 0. The summed E-state index contributed by atoms with van der Waals surface area (Å²) in [5.74, 6) is 0.985. The Morgan fingerprint density at radius 3 is 3.00 bits per heavy atom. The molecule has 0 unspecified atom stereocenters. The van der Waals surface area contributed by atoms with E-state index < -0.39 is 5.91 Å². The number of aromatic amines is 1. The van der Waals surface area contributed by atoms with E-state index in [0.29, 0.717) is 17.4 Å². The standard InChI is InChI=1S/C12H12N4O2S/c1-19-7-10-14-8(6-11(17)15-10)12(18)16-9-4-2-3-5-13-9/h2-6H,7H2,1H3,(H,13,16,18)(H,14,15,17). The number of aromatic nitrogens is 3. The SMILES string of the molecule is CSCc1nc(C(=O)Nc2ccccn2)cc(=O)[nH]1. The Kier molecular flexibility index (Phi) is 4.30. The van der Waals surface area contributed by atoms with Crippen LogP contribution in [0.2, 0.25) is 0 Å². The number of nitrogens with one attached hydrogen (secondary N) is 2. The van der Waals surface area contributed by atoms with Gasteiger partial charge in [0.15, 0.2) is 0 Å². The lowest BCUT2D eigenvalue weighted by atomic mass is 10.3. The summed E-state index contributed by atoms with van der Waals surface area (Å²) < 4.78 is 0. The normalized spacial score (nSPS) is 10.2. The van der Waals surface area contributed by atoms with Gasteiger partial charge in [0.1, 0.15) is 17.3 Å². The third-order valence-corrected chi connectivity index (χ3v) is 2.77. The maximum Gasteiger partial charge on any atom is 0.275 e. The summed E-state index contributed by atoms with van der Waals surface area (Å²) in [6.07, 6.45) is 3.46. The maximum atomic E-state index is 11.9. The first-order valence-corrected chi connectivity index (χ1v) is 6.90. The molecule has 0 fully saturated rings. The Bertz CT molecular complexity index is 627. The van der Waals surface area contributed by atoms with Gasteiger partial charge in [0.2, 0.25) is 0 Å². The Morgan fingerprint density at radius 2 is 2.32 bits per heavy atom. The molecule has 0 aromatic carbocycles. The number of rotatable bonds is 4. The summed E-state index contributed by atoms with van der Waals surface area (Å²) >= 11 is 1.51. The van der Waals surface area contributed by atoms with E-state index in [1.807, 2.05) is 6.26 Å². The predicted octanol–water partition coefficient (Wildman–Crippen LogP) is 1.28. The minimum Gasteiger partial charge on any atom is -0.310 e. The third-order valence-electron chi connectivity index (χ3n) is 2.21. The van der Waals surface area contributed by atoms with Crippen LogP contribution in [0.25, 0.3) is 0 Å². The fourth-order valence-electron chi connectivity index (χ4n) is 1.45. The highest BCUT2D eigenvalue weighted by molar-refractivity contribution is 7.97. The van der Waals surface area contributed by atoms with Gasteiger partial charge in [-0.15, -0.1) is 0 Å². The zero-order chi connectivity index (χ0) is 13.7. The van der Waals surface area contributed by atoms with Crippen LogP contribution in [-0.4, -0.2) is 27.1 Å². The van der Waals surface area contributed by atoms with E-state index in [4.69, 9.17) is 0 Å². The molecule has 19 heavy (non-hydrogen) atoms. The Hall–Kier alpha value is -2.15. The van der Waals surface area contributed by atoms with Crippen LogP contribution >= 0.6 is 11.8 Å². The van der Waals surface area contributed by atoms with Gasteiger partial charge in [-0.25, -0.2) is 9.97 Å². The molecule has 0 radical (unpaired) electrons. The van der Waals surface area contributed by atoms with Crippen molar-refractivity contribution in [3.05, 3.63) is 52.3 Å². The number of pyridine rings is 1. The van der Waals surface area contributed by atoms with E-state index in [0.717, 1.165) is 0 Å². The van der Waals surface area contributed by atoms with E-state index in [2.05, 4.69) is 20.3 Å². The van der Waals surface area contributed by atoms with Crippen molar-refractivity contribution in [1.29, 1.82) is 0 Å². The van der Waals surface area contributed by atoms with Crippen molar-refractivity contribution in [3.8, 4) is 0 Å². The number of hydrogen-bond donors (Lipinski definition) is 2. The molecule has 0 spiro atoms. The molecule has 6 nitrogen and oxygen atoms in total. The Morgan fingerprint density at radius 1 is 1.47 bits per heavy atom. The molecule has 2 N–H and O–H groups in total. The number of amides is 1. The quantitative estimate of drug-likeness (QED) is 0.878. The molecular formula is C12H12N4O2S. The summed E-state index contributed by atoms with van der Waals surface area (Å²) in [6.45, 7) is 0. The molecule has 1 amide bonds. The molecule has 0 bridgehead atoms. The third kappa shape index (κ3) is 3.65. The first kappa shape index (κ1) is 13.3. The van der Waals surface area contributed by atoms with E-state index in [1.165, 1.54) is 17.8 Å². The van der Waals surface area contributed by atoms with E-state index >= 15 is 0 Å². The largest absolute Gasteiger partial charge is 0.310 e. The Balaban J connectivity index is 2.21. The zero-order valence-corrected chi connectivity index (χ0v) is 11.0. The molecule has 7 heteroatoms. The summed E-state index contributed by atoms with van der Waals surface area (Å²) in [5.41, 5.74) is -0.260. The van der Waals surface area contributed by atoms with Crippen LogP contribution in [0.5, 0.6) is 0 Å². The molecule has 98 valence electrons. The summed E-state index contributed by atoms with van der Waals surface area (Å²) in [6, 6.07) is 6.33. The first-order chi connectivity index (χ1) is 9.19. The molecule has 0 saturated carbocycles. The molecule has 0 aliphatic carbocycles. The van der Waals surface area contributed by atoms with Gasteiger partial charge < -0.3 is 10.3 Å². The van der Waals surface area contributed by atoms with Gasteiger partial charge in [-0.3, -0.25) is 9.59 Å². The number of nitrogens with zero attached hydrogens (tertiary/aromatic N) is 2. The van der Waals surface area contributed by atoms with Crippen LogP contribution in [0.1, 0.15) is 16.3 Å². The fraction of sp³-hybridized carbons (Fsp3) is 0.167. The van der Waals surface area contributed by atoms with Crippen molar-refractivity contribution in [2.24, 2.45) is 0 Å². The monoisotopic (exact) mass is 276 g/mol. The highest BCUT2D eigenvalue weighted by Crippen LogP contribution is 2.05. The van der Waals surface area contributed by atoms with Gasteiger partial charge in [0.25, 0.3) is 11.5 Å². The van der Waals surface area contributed by atoms with Crippen molar-refractivity contribution in [2.75, 3.05) is 11.6 Å². The number of carbonyl (C=O) groups is 1. The zero-order valence-electron chi connectivity index (χ0n) is 10.2. The second kappa shape index (κ2) is 6.14. The molecule has 0 aliphatic rings. The van der Waals surface area contributed by atoms with Crippen LogP contribution in [0.3, 0.4) is 0 Å². The van der Waals surface area contributed by atoms with Crippen LogP contribution in [0.4, 0.5) is 5.82 Å². The summed E-state index contributed by atoms with van der Waals surface area (Å²) in [5, 5.41) is 2.58. The van der Waals surface area contributed by atoms with Crippen LogP contribution in [0.15, 0.2) is 35.3 Å². The maximum absolute atomic E-state index is 11.9. The predicted molar refractivity (Wildman–Crippen MR) is 74.3 cm³/mol.